The van der Waals surface area contributed by atoms with Crippen LogP contribution < -0.4 is 5.69 Å². The molecule has 0 unspecified atom stereocenters. The van der Waals surface area contributed by atoms with E-state index in [-0.39, 0.29) is 23.0 Å². The fourth-order valence-corrected chi connectivity index (χ4v) is 4.04. The maximum Gasteiger partial charge on any atom is 0.347 e. The van der Waals surface area contributed by atoms with Crippen molar-refractivity contribution in [2.24, 2.45) is 5.92 Å². The molecule has 0 aliphatic carbocycles. The number of fused-ring (bicyclic) bond motifs is 1. The number of carbonyl (C=O) groups is 1. The van der Waals surface area contributed by atoms with Gasteiger partial charge in [0.1, 0.15) is 11.9 Å². The van der Waals surface area contributed by atoms with Crippen LogP contribution in [-0.2, 0) is 17.3 Å². The second-order valence-corrected chi connectivity index (χ2v) is 8.09. The summed E-state index contributed by atoms with van der Waals surface area (Å²) in [6, 6.07) is -0.0281. The van der Waals surface area contributed by atoms with Gasteiger partial charge in [0.05, 0.1) is 17.3 Å². The molecule has 4 rings (SSSR count). The Morgan fingerprint density at radius 2 is 2.14 bits per heavy atom. The normalized spacial score (nSPS) is 23.3. The van der Waals surface area contributed by atoms with Crippen molar-refractivity contribution >= 4 is 17.5 Å². The van der Waals surface area contributed by atoms with Gasteiger partial charge in [0, 0.05) is 25.7 Å². The Balaban J connectivity index is 1.72. The molecule has 1 amide bonds. The zero-order chi connectivity index (χ0) is 20.9. The first-order chi connectivity index (χ1) is 13.7. The predicted octanol–water partition coefficient (Wildman–Crippen LogP) is 2.58. The van der Waals surface area contributed by atoms with Crippen LogP contribution in [0.15, 0.2) is 17.1 Å². The van der Waals surface area contributed by atoms with Crippen LogP contribution in [0.4, 0.5) is 13.2 Å². The van der Waals surface area contributed by atoms with Gasteiger partial charge in [-0.3, -0.25) is 14.3 Å². The molecule has 1 fully saturated rings. The molecule has 0 radical (unpaired) electrons. The predicted molar refractivity (Wildman–Crippen MR) is 97.3 cm³/mol. The summed E-state index contributed by atoms with van der Waals surface area (Å²) < 4.78 is 44.5. The summed E-state index contributed by atoms with van der Waals surface area (Å²) in [4.78, 5) is 31.2. The Bertz CT molecular complexity index is 1020. The molecular weight excluding hydrogens is 411 g/mol. The lowest BCUT2D eigenvalue weighted by atomic mass is 10.0. The van der Waals surface area contributed by atoms with Crippen molar-refractivity contribution in [2.45, 2.75) is 44.7 Å². The van der Waals surface area contributed by atoms with E-state index >= 15 is 0 Å². The molecule has 0 spiro atoms. The third-order valence-corrected chi connectivity index (χ3v) is 5.65. The molecule has 29 heavy (non-hydrogen) atoms. The van der Waals surface area contributed by atoms with Crippen LogP contribution in [0.1, 0.15) is 43.7 Å². The van der Waals surface area contributed by atoms with Gasteiger partial charge in [0.25, 0.3) is 0 Å². The number of hydrogen-bond donors (Lipinski definition) is 0. The van der Waals surface area contributed by atoms with Gasteiger partial charge in [-0.1, -0.05) is 18.5 Å². The van der Waals surface area contributed by atoms with Gasteiger partial charge in [-0.2, -0.15) is 8.78 Å². The lowest BCUT2D eigenvalue weighted by molar-refractivity contribution is -0.137. The molecule has 2 atom stereocenters. The van der Waals surface area contributed by atoms with E-state index in [2.05, 4.69) is 10.1 Å². The van der Waals surface area contributed by atoms with Crippen molar-refractivity contribution in [3.8, 4) is 0 Å². The minimum Gasteiger partial charge on any atom is -0.341 e. The average Bonchev–Trinajstić information content (AvgIpc) is 3.22. The number of halogens is 4. The number of rotatable bonds is 3. The minimum absolute atomic E-state index is 0.0692. The van der Waals surface area contributed by atoms with Crippen LogP contribution in [0.2, 0.25) is 5.02 Å². The molecule has 0 bridgehead atoms. The third kappa shape index (κ3) is 3.54. The number of carbonyl (C=O) groups excluding carboxylic acids is 1. The van der Waals surface area contributed by atoms with Gasteiger partial charge in [-0.25, -0.2) is 13.9 Å². The lowest BCUT2D eigenvalue weighted by Gasteiger charge is -2.30. The fourth-order valence-electron chi connectivity index (χ4n) is 3.89. The summed E-state index contributed by atoms with van der Waals surface area (Å²) in [7, 11) is 0. The van der Waals surface area contributed by atoms with Gasteiger partial charge in [-0.05, 0) is 24.8 Å². The first kappa shape index (κ1) is 19.9. The highest BCUT2D eigenvalue weighted by atomic mass is 35.5. The van der Waals surface area contributed by atoms with Crippen molar-refractivity contribution in [1.82, 2.24) is 24.2 Å². The number of amides is 1. The monoisotopic (exact) mass is 429 g/mol. The highest BCUT2D eigenvalue weighted by Gasteiger charge is 2.47. The Kier molecular flexibility index (Phi) is 4.92. The van der Waals surface area contributed by atoms with E-state index in [0.717, 1.165) is 21.7 Å². The highest BCUT2D eigenvalue weighted by Crippen LogP contribution is 2.40. The first-order valence-corrected chi connectivity index (χ1v) is 9.71. The quantitative estimate of drug-likeness (QED) is 0.751. The topological polar surface area (TPSA) is 73.0 Å². The second kappa shape index (κ2) is 7.16. The van der Waals surface area contributed by atoms with Gasteiger partial charge in [0.15, 0.2) is 0 Å². The van der Waals surface area contributed by atoms with E-state index < -0.39 is 42.3 Å². The molecule has 4 heterocycles. The van der Waals surface area contributed by atoms with E-state index in [1.165, 1.54) is 6.20 Å². The maximum atomic E-state index is 14.5. The van der Waals surface area contributed by atoms with E-state index in [0.29, 0.717) is 19.0 Å². The summed E-state index contributed by atoms with van der Waals surface area (Å²) >= 11 is 5.67. The smallest absolute Gasteiger partial charge is 0.341 e. The summed E-state index contributed by atoms with van der Waals surface area (Å²) in [6.07, 6.45) is 1.27. The Morgan fingerprint density at radius 1 is 1.38 bits per heavy atom. The highest BCUT2D eigenvalue weighted by molar-refractivity contribution is 6.30. The SMILES string of the molecule is C[C@H]1CCN(C(=O)[C@@H]2CCC(F)(F)c3nn(Cc4ncc(Cl)cc4F)c(=O)n32)C1. The van der Waals surface area contributed by atoms with E-state index in [4.69, 9.17) is 11.6 Å². The molecular formula is C18H19ClF3N5O2. The number of likely N-dealkylation sites (tertiary alicyclic amines) is 1. The molecule has 0 aromatic carbocycles. The molecule has 2 aromatic heterocycles. The van der Waals surface area contributed by atoms with Crippen molar-refractivity contribution in [3.63, 3.8) is 0 Å². The maximum absolute atomic E-state index is 14.5. The molecule has 2 aliphatic rings. The Morgan fingerprint density at radius 3 is 2.79 bits per heavy atom. The molecule has 1 saturated heterocycles. The summed E-state index contributed by atoms with van der Waals surface area (Å²) in [5, 5.41) is 3.81. The number of pyridine rings is 1. The van der Waals surface area contributed by atoms with Gasteiger partial charge in [0.2, 0.25) is 11.7 Å². The van der Waals surface area contributed by atoms with E-state index in [1.54, 1.807) is 4.90 Å². The molecule has 7 nitrogen and oxygen atoms in total. The molecule has 2 aliphatic heterocycles. The molecule has 156 valence electrons. The van der Waals surface area contributed by atoms with Gasteiger partial charge in [-0.15, -0.1) is 5.10 Å². The third-order valence-electron chi connectivity index (χ3n) is 5.45. The fraction of sp³-hybridized carbons (Fsp3) is 0.556. The number of hydrogen-bond acceptors (Lipinski definition) is 4. The average molecular weight is 430 g/mol. The van der Waals surface area contributed by atoms with Crippen LogP contribution in [0.5, 0.6) is 0 Å². The van der Waals surface area contributed by atoms with Crippen molar-refractivity contribution in [1.29, 1.82) is 0 Å². The summed E-state index contributed by atoms with van der Waals surface area (Å²) in [5.41, 5.74) is -1.05. The zero-order valence-corrected chi connectivity index (χ0v) is 16.4. The van der Waals surface area contributed by atoms with Crippen molar-refractivity contribution < 1.29 is 18.0 Å². The minimum atomic E-state index is -3.36. The van der Waals surface area contributed by atoms with Crippen LogP contribution in [-0.4, -0.2) is 43.2 Å². The van der Waals surface area contributed by atoms with Crippen LogP contribution in [0.25, 0.3) is 0 Å². The van der Waals surface area contributed by atoms with E-state index in [9.17, 15) is 22.8 Å². The Hall–Kier alpha value is -2.36. The summed E-state index contributed by atoms with van der Waals surface area (Å²) in [5.74, 6) is -4.94. The second-order valence-electron chi connectivity index (χ2n) is 7.65. The van der Waals surface area contributed by atoms with Crippen LogP contribution >= 0.6 is 11.6 Å². The number of aromatic nitrogens is 4. The van der Waals surface area contributed by atoms with Crippen LogP contribution in [0.3, 0.4) is 0 Å². The molecule has 0 saturated carbocycles. The molecule has 11 heteroatoms. The van der Waals surface area contributed by atoms with Gasteiger partial charge >= 0.3 is 11.6 Å². The van der Waals surface area contributed by atoms with E-state index in [1.807, 2.05) is 6.92 Å². The summed E-state index contributed by atoms with van der Waals surface area (Å²) in [6.45, 7) is 2.63. The van der Waals surface area contributed by atoms with Crippen molar-refractivity contribution in [2.75, 3.05) is 13.1 Å². The molecule has 2 aromatic rings. The lowest BCUT2D eigenvalue weighted by Crippen LogP contribution is -2.44. The Labute approximate surface area is 169 Å². The largest absolute Gasteiger partial charge is 0.347 e. The molecule has 0 N–H and O–H groups in total. The standard InChI is InChI=1S/C18H19ClF3N5O2/c1-10-3-5-25(8-10)15(28)14-2-4-18(21,22)16-24-26(17(29)27(14)16)9-13-12(20)6-11(19)7-23-13/h6-7,10,14H,2-5,8-9H2,1H3/t10-,14-/m0/s1. The first-order valence-electron chi connectivity index (χ1n) is 9.33. The van der Waals surface area contributed by atoms with Crippen LogP contribution in [0, 0.1) is 11.7 Å². The van der Waals surface area contributed by atoms with Crippen molar-refractivity contribution in [3.05, 3.63) is 45.1 Å². The van der Waals surface area contributed by atoms with Gasteiger partial charge < -0.3 is 4.90 Å². The zero-order valence-electron chi connectivity index (χ0n) is 15.6. The number of alkyl halides is 2. The number of nitrogens with zero attached hydrogens (tertiary/aromatic N) is 5.